The van der Waals surface area contributed by atoms with Crippen molar-refractivity contribution in [1.82, 2.24) is 0 Å². The van der Waals surface area contributed by atoms with Gasteiger partial charge >= 0.3 is 5.97 Å². The number of methoxy groups -OCH3 is 1. The van der Waals surface area contributed by atoms with Crippen LogP contribution in [0.1, 0.15) is 73.1 Å². The van der Waals surface area contributed by atoms with E-state index in [1.807, 2.05) is 0 Å². The molecule has 0 aliphatic heterocycles. The summed E-state index contributed by atoms with van der Waals surface area (Å²) >= 11 is 0. The molecule has 0 heterocycles. The Morgan fingerprint density at radius 2 is 2.00 bits per heavy atom. The highest BCUT2D eigenvalue weighted by atomic mass is 16.5. The summed E-state index contributed by atoms with van der Waals surface area (Å²) < 4.78 is 4.84. The molecule has 128 valence electrons. The van der Waals surface area contributed by atoms with Crippen LogP contribution in [0.5, 0.6) is 0 Å². The van der Waals surface area contributed by atoms with Gasteiger partial charge in [0, 0.05) is 6.42 Å². The van der Waals surface area contributed by atoms with Crippen molar-refractivity contribution in [3.8, 4) is 0 Å². The van der Waals surface area contributed by atoms with Crippen LogP contribution in [0.4, 0.5) is 0 Å². The number of carbonyl (C=O) groups is 1. The van der Waals surface area contributed by atoms with Crippen LogP contribution < -0.4 is 0 Å². The highest BCUT2D eigenvalue weighted by Gasteiger charge is 2.48. The summed E-state index contributed by atoms with van der Waals surface area (Å²) in [4.78, 5) is 11.5. The standard InChI is InChI=1S/C20H36O2/c1-13(11-19(21)22-6)10-17-14(2)12-18-16(15(17)3)8-7-9-20(18,4)5/h13-18H,7-12H2,1-6H3/t13?,14-,15-,16?,17+,18?/m1/s1. The van der Waals surface area contributed by atoms with Gasteiger partial charge in [-0.05, 0) is 66.6 Å². The molecular weight excluding hydrogens is 272 g/mol. The van der Waals surface area contributed by atoms with E-state index in [0.29, 0.717) is 17.8 Å². The molecule has 2 rings (SSSR count). The third kappa shape index (κ3) is 3.68. The second-order valence-electron chi connectivity index (χ2n) is 9.01. The third-order valence-corrected chi connectivity index (χ3v) is 7.00. The maximum Gasteiger partial charge on any atom is 0.305 e. The minimum atomic E-state index is -0.0553. The van der Waals surface area contributed by atoms with E-state index in [1.165, 1.54) is 39.2 Å². The lowest BCUT2D eigenvalue weighted by Crippen LogP contribution is -2.46. The fourth-order valence-corrected chi connectivity index (χ4v) is 5.66. The molecule has 22 heavy (non-hydrogen) atoms. The average molecular weight is 309 g/mol. The zero-order valence-corrected chi connectivity index (χ0v) is 15.5. The van der Waals surface area contributed by atoms with Crippen LogP contribution in [0, 0.1) is 40.9 Å². The minimum Gasteiger partial charge on any atom is -0.469 e. The molecule has 0 saturated heterocycles. The molecule has 0 aromatic carbocycles. The Hall–Kier alpha value is -0.530. The largest absolute Gasteiger partial charge is 0.469 e. The van der Waals surface area contributed by atoms with Crippen LogP contribution in [-0.4, -0.2) is 13.1 Å². The highest BCUT2D eigenvalue weighted by molar-refractivity contribution is 5.69. The minimum absolute atomic E-state index is 0.0553. The number of esters is 1. The lowest BCUT2D eigenvalue weighted by Gasteiger charge is -2.54. The van der Waals surface area contributed by atoms with E-state index in [0.717, 1.165) is 29.6 Å². The second kappa shape index (κ2) is 6.93. The first-order valence-electron chi connectivity index (χ1n) is 9.33. The summed E-state index contributed by atoms with van der Waals surface area (Å²) in [6.07, 6.45) is 7.36. The maximum absolute atomic E-state index is 11.5. The third-order valence-electron chi connectivity index (χ3n) is 7.00. The fourth-order valence-electron chi connectivity index (χ4n) is 5.66. The number of hydrogen-bond acceptors (Lipinski definition) is 2. The van der Waals surface area contributed by atoms with E-state index in [1.54, 1.807) is 0 Å². The molecule has 6 atom stereocenters. The van der Waals surface area contributed by atoms with Gasteiger partial charge in [-0.1, -0.05) is 41.0 Å². The van der Waals surface area contributed by atoms with Gasteiger partial charge in [0.1, 0.15) is 0 Å². The van der Waals surface area contributed by atoms with Gasteiger partial charge in [-0.3, -0.25) is 4.79 Å². The molecule has 0 radical (unpaired) electrons. The summed E-state index contributed by atoms with van der Waals surface area (Å²) in [6, 6.07) is 0. The van der Waals surface area contributed by atoms with Gasteiger partial charge in [0.05, 0.1) is 7.11 Å². The molecule has 0 N–H and O–H groups in total. The Kier molecular flexibility index (Phi) is 5.61. The van der Waals surface area contributed by atoms with Gasteiger partial charge in [0.15, 0.2) is 0 Å². The SMILES string of the molecule is COC(=O)CC(C)C[C@H]1[C@H](C)CC2C(CCCC2(C)C)[C@H]1C. The van der Waals surface area contributed by atoms with E-state index in [-0.39, 0.29) is 5.97 Å². The predicted molar refractivity (Wildman–Crippen MR) is 91.5 cm³/mol. The molecule has 3 unspecified atom stereocenters. The van der Waals surface area contributed by atoms with E-state index >= 15 is 0 Å². The molecule has 2 aliphatic rings. The predicted octanol–water partition coefficient (Wildman–Crippen LogP) is 5.31. The van der Waals surface area contributed by atoms with E-state index in [9.17, 15) is 4.79 Å². The van der Waals surface area contributed by atoms with Crippen LogP contribution >= 0.6 is 0 Å². The molecule has 2 nitrogen and oxygen atoms in total. The Morgan fingerprint density at radius 1 is 1.32 bits per heavy atom. The lowest BCUT2D eigenvalue weighted by atomic mass is 9.51. The second-order valence-corrected chi connectivity index (χ2v) is 9.01. The summed E-state index contributed by atoms with van der Waals surface area (Å²) in [6.45, 7) is 12.1. The van der Waals surface area contributed by atoms with Crippen LogP contribution in [-0.2, 0) is 9.53 Å². The van der Waals surface area contributed by atoms with Crippen molar-refractivity contribution in [1.29, 1.82) is 0 Å². The van der Waals surface area contributed by atoms with Crippen molar-refractivity contribution in [2.45, 2.75) is 73.1 Å². The molecule has 0 aromatic rings. The molecule has 2 aliphatic carbocycles. The molecule has 0 amide bonds. The van der Waals surface area contributed by atoms with Crippen molar-refractivity contribution in [3.63, 3.8) is 0 Å². The zero-order valence-electron chi connectivity index (χ0n) is 15.5. The molecule has 0 aromatic heterocycles. The van der Waals surface area contributed by atoms with Crippen molar-refractivity contribution in [3.05, 3.63) is 0 Å². The van der Waals surface area contributed by atoms with Crippen LogP contribution in [0.2, 0.25) is 0 Å². The molecule has 2 heteroatoms. The Labute approximate surface area is 137 Å². The maximum atomic E-state index is 11.5. The van der Waals surface area contributed by atoms with Crippen LogP contribution in [0.3, 0.4) is 0 Å². The van der Waals surface area contributed by atoms with Gasteiger partial charge in [-0.2, -0.15) is 0 Å². The Morgan fingerprint density at radius 3 is 2.64 bits per heavy atom. The topological polar surface area (TPSA) is 26.3 Å². The number of hydrogen-bond donors (Lipinski definition) is 0. The Bertz CT molecular complexity index is 387. The summed E-state index contributed by atoms with van der Waals surface area (Å²) in [7, 11) is 1.50. The van der Waals surface area contributed by atoms with E-state index < -0.39 is 0 Å². The molecule has 2 fully saturated rings. The zero-order chi connectivity index (χ0) is 16.5. The molecule has 2 saturated carbocycles. The highest BCUT2D eigenvalue weighted by Crippen LogP contribution is 2.56. The van der Waals surface area contributed by atoms with Crippen molar-refractivity contribution in [2.75, 3.05) is 7.11 Å². The summed E-state index contributed by atoms with van der Waals surface area (Å²) in [5.41, 5.74) is 0.522. The van der Waals surface area contributed by atoms with Crippen molar-refractivity contribution < 1.29 is 9.53 Å². The molecule has 0 bridgehead atoms. The van der Waals surface area contributed by atoms with Gasteiger partial charge in [-0.15, -0.1) is 0 Å². The monoisotopic (exact) mass is 308 g/mol. The van der Waals surface area contributed by atoms with E-state index in [2.05, 4.69) is 34.6 Å². The fraction of sp³-hybridized carbons (Fsp3) is 0.950. The van der Waals surface area contributed by atoms with Gasteiger partial charge in [0.2, 0.25) is 0 Å². The van der Waals surface area contributed by atoms with Crippen LogP contribution in [0.25, 0.3) is 0 Å². The molecule has 0 spiro atoms. The van der Waals surface area contributed by atoms with Gasteiger partial charge < -0.3 is 4.74 Å². The quantitative estimate of drug-likeness (QED) is 0.658. The first-order valence-corrected chi connectivity index (χ1v) is 9.33. The normalized spacial score (nSPS) is 38.9. The van der Waals surface area contributed by atoms with Crippen molar-refractivity contribution >= 4 is 5.97 Å². The summed E-state index contributed by atoms with van der Waals surface area (Å²) in [5.74, 6) is 4.54. The lowest BCUT2D eigenvalue weighted by molar-refractivity contribution is -0.141. The molecular formula is C20H36O2. The number of carbonyl (C=O) groups excluding carboxylic acids is 1. The smallest absolute Gasteiger partial charge is 0.305 e. The number of ether oxygens (including phenoxy) is 1. The van der Waals surface area contributed by atoms with Crippen LogP contribution in [0.15, 0.2) is 0 Å². The number of rotatable bonds is 4. The van der Waals surface area contributed by atoms with Gasteiger partial charge in [-0.25, -0.2) is 0 Å². The van der Waals surface area contributed by atoms with Gasteiger partial charge in [0.25, 0.3) is 0 Å². The summed E-state index contributed by atoms with van der Waals surface area (Å²) in [5, 5.41) is 0. The van der Waals surface area contributed by atoms with Crippen molar-refractivity contribution in [2.24, 2.45) is 40.9 Å². The number of fused-ring (bicyclic) bond motifs is 1. The Balaban J connectivity index is 2.03. The van der Waals surface area contributed by atoms with E-state index in [4.69, 9.17) is 4.74 Å². The first-order chi connectivity index (χ1) is 10.3. The first kappa shape index (κ1) is 17.8. The average Bonchev–Trinajstić information content (AvgIpc) is 2.44.